The van der Waals surface area contributed by atoms with E-state index in [1.165, 1.54) is 66.1 Å². The molecule has 0 amide bonds. The molecule has 0 saturated heterocycles. The van der Waals surface area contributed by atoms with Crippen LogP contribution in [0.15, 0.2) is 134 Å². The molecule has 0 atom stereocenters. The lowest BCUT2D eigenvalue weighted by Crippen LogP contribution is -1.91. The second-order valence-corrected chi connectivity index (χ2v) is 10.4. The Balaban J connectivity index is 1.45. The van der Waals surface area contributed by atoms with Gasteiger partial charge in [0, 0.05) is 23.8 Å². The summed E-state index contributed by atoms with van der Waals surface area (Å²) in [7, 11) is 0. The van der Waals surface area contributed by atoms with Gasteiger partial charge < -0.3 is 0 Å². The van der Waals surface area contributed by atoms with Crippen molar-refractivity contribution in [1.82, 2.24) is 9.97 Å². The molecule has 0 aliphatic carbocycles. The molecule has 0 unspecified atom stereocenters. The van der Waals surface area contributed by atoms with Gasteiger partial charge in [-0.2, -0.15) is 0 Å². The van der Waals surface area contributed by atoms with E-state index in [4.69, 9.17) is 0 Å². The van der Waals surface area contributed by atoms with Crippen molar-refractivity contribution >= 4 is 21.5 Å². The predicted molar refractivity (Wildman–Crippen MR) is 168 cm³/mol. The number of nitrogens with zero attached hydrogens (tertiary/aromatic N) is 2. The first-order valence-corrected chi connectivity index (χ1v) is 13.7. The third-order valence-electron chi connectivity index (χ3n) is 7.72. The van der Waals surface area contributed by atoms with Crippen molar-refractivity contribution < 1.29 is 0 Å². The van der Waals surface area contributed by atoms with Crippen LogP contribution in [0.25, 0.3) is 66.1 Å². The number of hydrogen-bond donors (Lipinski definition) is 0. The summed E-state index contributed by atoms with van der Waals surface area (Å²) in [5, 5.41) is 5.03. The number of aromatic nitrogens is 2. The van der Waals surface area contributed by atoms with Crippen molar-refractivity contribution in [2.75, 3.05) is 0 Å². The van der Waals surface area contributed by atoms with Crippen LogP contribution in [0.2, 0.25) is 0 Å². The summed E-state index contributed by atoms with van der Waals surface area (Å²) in [5.74, 6) is 0. The van der Waals surface area contributed by atoms with Gasteiger partial charge in [-0.05, 0) is 110 Å². The van der Waals surface area contributed by atoms with E-state index >= 15 is 0 Å². The van der Waals surface area contributed by atoms with Gasteiger partial charge in [-0.15, -0.1) is 0 Å². The molecule has 7 aromatic rings. The van der Waals surface area contributed by atoms with Gasteiger partial charge in [0.05, 0.1) is 0 Å². The normalized spacial score (nSPS) is 11.2. The lowest BCUT2D eigenvalue weighted by Gasteiger charge is -2.18. The Morgan fingerprint density at radius 1 is 0.350 bits per heavy atom. The fourth-order valence-corrected chi connectivity index (χ4v) is 5.88. The number of aryl methyl sites for hydroxylation is 2. The molecule has 5 aromatic carbocycles. The van der Waals surface area contributed by atoms with Crippen molar-refractivity contribution in [1.29, 1.82) is 0 Å². The van der Waals surface area contributed by atoms with E-state index in [0.717, 1.165) is 11.4 Å². The summed E-state index contributed by atoms with van der Waals surface area (Å²) in [6, 6.07) is 43.9. The smallest absolute Gasteiger partial charge is 0.0378 e. The molecular weight excluding hydrogens is 484 g/mol. The van der Waals surface area contributed by atoms with Crippen molar-refractivity contribution in [2.45, 2.75) is 13.8 Å². The maximum atomic E-state index is 4.39. The molecular formula is C38H28N2. The summed E-state index contributed by atoms with van der Waals surface area (Å²) < 4.78 is 0. The topological polar surface area (TPSA) is 25.8 Å². The van der Waals surface area contributed by atoms with E-state index in [1.54, 1.807) is 0 Å². The molecule has 40 heavy (non-hydrogen) atoms. The van der Waals surface area contributed by atoms with Crippen molar-refractivity contribution in [3.63, 3.8) is 0 Å². The predicted octanol–water partition coefficient (Wildman–Crippen LogP) is 10.1. The zero-order valence-electron chi connectivity index (χ0n) is 22.6. The lowest BCUT2D eigenvalue weighted by molar-refractivity contribution is 1.20. The average Bonchev–Trinajstić information content (AvgIpc) is 3.00. The largest absolute Gasteiger partial charge is 0.262 e. The average molecular weight is 513 g/mol. The highest BCUT2D eigenvalue weighted by atomic mass is 14.7. The maximum Gasteiger partial charge on any atom is 0.0378 e. The van der Waals surface area contributed by atoms with Gasteiger partial charge in [-0.1, -0.05) is 91.0 Å². The number of hydrogen-bond acceptors (Lipinski definition) is 2. The van der Waals surface area contributed by atoms with Gasteiger partial charge >= 0.3 is 0 Å². The van der Waals surface area contributed by atoms with Crippen LogP contribution in [0.4, 0.5) is 0 Å². The quantitative estimate of drug-likeness (QED) is 0.219. The first kappa shape index (κ1) is 24.0. The molecule has 2 nitrogen and oxygen atoms in total. The van der Waals surface area contributed by atoms with E-state index in [9.17, 15) is 0 Å². The molecule has 7 rings (SSSR count). The summed E-state index contributed by atoms with van der Waals surface area (Å²) in [6.07, 6.45) is 3.77. The molecule has 0 fully saturated rings. The van der Waals surface area contributed by atoms with Gasteiger partial charge in [0.25, 0.3) is 0 Å². The third-order valence-corrected chi connectivity index (χ3v) is 7.72. The first-order valence-electron chi connectivity index (χ1n) is 13.7. The Hall–Kier alpha value is -5.08. The van der Waals surface area contributed by atoms with E-state index < -0.39 is 0 Å². The fraction of sp³-hybridized carbons (Fsp3) is 0.0526. The van der Waals surface area contributed by atoms with Crippen LogP contribution in [0.1, 0.15) is 11.4 Å². The third kappa shape index (κ3) is 4.24. The van der Waals surface area contributed by atoms with Crippen LogP contribution in [0, 0.1) is 13.8 Å². The fourth-order valence-electron chi connectivity index (χ4n) is 5.88. The standard InChI is InChI=1S/C38H28N2/c1-25-22-30(18-20-39-25)27-14-16-28(17-15-27)37-33-10-3-5-12-35(33)38(36-13-6-4-11-34(36)37)32-9-7-8-29(24-32)31-19-21-40-26(2)23-31/h3-24H,1-2H3. The van der Waals surface area contributed by atoms with Crippen molar-refractivity contribution in [2.24, 2.45) is 0 Å². The van der Waals surface area contributed by atoms with Crippen molar-refractivity contribution in [3.05, 3.63) is 145 Å². The monoisotopic (exact) mass is 512 g/mol. The number of rotatable bonds is 4. The number of fused-ring (bicyclic) bond motifs is 2. The Labute approximate surface area is 234 Å². The molecule has 2 heterocycles. The zero-order valence-corrected chi connectivity index (χ0v) is 22.6. The highest BCUT2D eigenvalue weighted by Gasteiger charge is 2.17. The van der Waals surface area contributed by atoms with Crippen LogP contribution in [0.5, 0.6) is 0 Å². The number of pyridine rings is 2. The van der Waals surface area contributed by atoms with Crippen LogP contribution in [-0.4, -0.2) is 9.97 Å². The maximum absolute atomic E-state index is 4.39. The zero-order chi connectivity index (χ0) is 27.1. The van der Waals surface area contributed by atoms with Gasteiger partial charge in [0.2, 0.25) is 0 Å². The van der Waals surface area contributed by atoms with Crippen LogP contribution in [0.3, 0.4) is 0 Å². The van der Waals surface area contributed by atoms with Crippen molar-refractivity contribution in [3.8, 4) is 44.5 Å². The van der Waals surface area contributed by atoms with Gasteiger partial charge in [0.1, 0.15) is 0 Å². The Bertz CT molecular complexity index is 1960. The minimum Gasteiger partial charge on any atom is -0.262 e. The summed E-state index contributed by atoms with van der Waals surface area (Å²) in [5.41, 5.74) is 11.8. The Kier molecular flexibility index (Phi) is 5.94. The molecule has 2 aromatic heterocycles. The molecule has 0 aliphatic heterocycles. The highest BCUT2D eigenvalue weighted by Crippen LogP contribution is 2.44. The minimum atomic E-state index is 1.02. The second-order valence-electron chi connectivity index (χ2n) is 10.4. The van der Waals surface area contributed by atoms with E-state index in [2.05, 4.69) is 131 Å². The molecule has 0 aliphatic rings. The van der Waals surface area contributed by atoms with E-state index in [0.29, 0.717) is 0 Å². The van der Waals surface area contributed by atoms with Gasteiger partial charge in [0.15, 0.2) is 0 Å². The molecule has 0 radical (unpaired) electrons. The Morgan fingerprint density at radius 3 is 1.30 bits per heavy atom. The highest BCUT2D eigenvalue weighted by molar-refractivity contribution is 6.21. The molecule has 190 valence electrons. The summed E-state index contributed by atoms with van der Waals surface area (Å²) in [6.45, 7) is 4.07. The van der Waals surface area contributed by atoms with Crippen LogP contribution >= 0.6 is 0 Å². The summed E-state index contributed by atoms with van der Waals surface area (Å²) >= 11 is 0. The van der Waals surface area contributed by atoms with Gasteiger partial charge in [-0.3, -0.25) is 9.97 Å². The van der Waals surface area contributed by atoms with Crippen LogP contribution in [-0.2, 0) is 0 Å². The van der Waals surface area contributed by atoms with Gasteiger partial charge in [-0.25, -0.2) is 0 Å². The second kappa shape index (κ2) is 9.91. The minimum absolute atomic E-state index is 1.02. The first-order chi connectivity index (χ1) is 19.7. The molecule has 0 saturated carbocycles. The van der Waals surface area contributed by atoms with E-state index in [1.807, 2.05) is 26.2 Å². The molecule has 0 spiro atoms. The molecule has 2 heteroatoms. The lowest BCUT2D eigenvalue weighted by atomic mass is 9.85. The van der Waals surface area contributed by atoms with Crippen LogP contribution < -0.4 is 0 Å². The van der Waals surface area contributed by atoms with E-state index in [-0.39, 0.29) is 0 Å². The Morgan fingerprint density at radius 2 is 0.775 bits per heavy atom. The SMILES string of the molecule is Cc1cc(-c2ccc(-c3c4ccccc4c(-c4cccc(-c5ccnc(C)c5)c4)c4ccccc34)cc2)ccn1. The molecule has 0 bridgehead atoms. The summed E-state index contributed by atoms with van der Waals surface area (Å²) in [4.78, 5) is 8.75. The number of benzene rings is 5. The molecule has 0 N–H and O–H groups in total.